The Bertz CT molecular complexity index is 1670. The number of aliphatic carboxylic acids is 1. The number of aromatic nitrogens is 1. The van der Waals surface area contributed by atoms with E-state index in [9.17, 15) is 23.5 Å². The van der Waals surface area contributed by atoms with Gasteiger partial charge in [-0.05, 0) is 71.1 Å². The summed E-state index contributed by atoms with van der Waals surface area (Å²) >= 11 is 0. The van der Waals surface area contributed by atoms with Gasteiger partial charge in [-0.15, -0.1) is 0 Å². The third-order valence-corrected chi connectivity index (χ3v) is 6.15. The van der Waals surface area contributed by atoms with Gasteiger partial charge in [0.15, 0.2) is 17.7 Å². The lowest BCUT2D eigenvalue weighted by Gasteiger charge is -2.15. The van der Waals surface area contributed by atoms with Crippen LogP contribution in [0, 0.1) is 23.0 Å². The predicted molar refractivity (Wildman–Crippen MR) is 149 cm³/mol. The summed E-state index contributed by atoms with van der Waals surface area (Å²) in [7, 11) is 0. The van der Waals surface area contributed by atoms with Crippen LogP contribution in [0.5, 0.6) is 17.5 Å². The molecule has 0 radical (unpaired) electrons. The van der Waals surface area contributed by atoms with Crippen LogP contribution in [0.15, 0.2) is 72.8 Å². The van der Waals surface area contributed by atoms with E-state index in [4.69, 9.17) is 20.5 Å². The van der Waals surface area contributed by atoms with E-state index >= 15 is 0 Å². The molecule has 11 heteroatoms. The van der Waals surface area contributed by atoms with Crippen LogP contribution in [0.2, 0.25) is 0 Å². The van der Waals surface area contributed by atoms with E-state index < -0.39 is 41.4 Å². The van der Waals surface area contributed by atoms with Crippen LogP contribution < -0.4 is 20.5 Å². The van der Waals surface area contributed by atoms with Crippen LogP contribution in [0.4, 0.5) is 8.78 Å². The number of benzene rings is 3. The molecule has 42 heavy (non-hydrogen) atoms. The molecule has 0 fully saturated rings. The fraction of sp³-hybridized carbons (Fsp3) is 0.161. The summed E-state index contributed by atoms with van der Waals surface area (Å²) in [6.07, 6.45) is -1.38. The Morgan fingerprint density at radius 3 is 2.45 bits per heavy atom. The van der Waals surface area contributed by atoms with Crippen LogP contribution in [-0.4, -0.2) is 28.1 Å². The average Bonchev–Trinajstić information content (AvgIpc) is 3.00. The van der Waals surface area contributed by atoms with Crippen molar-refractivity contribution in [2.24, 2.45) is 5.73 Å². The maximum atomic E-state index is 14.7. The first-order valence-electron chi connectivity index (χ1n) is 12.9. The van der Waals surface area contributed by atoms with Gasteiger partial charge in [-0.1, -0.05) is 31.2 Å². The number of carboxylic acids is 1. The van der Waals surface area contributed by atoms with Gasteiger partial charge in [0.25, 0.3) is 17.7 Å². The molecule has 0 aliphatic carbocycles. The fourth-order valence-electron chi connectivity index (χ4n) is 4.02. The van der Waals surface area contributed by atoms with Crippen LogP contribution in [0.1, 0.15) is 40.4 Å². The normalized spacial score (nSPS) is 11.3. The molecule has 0 bridgehead atoms. The molecule has 1 unspecified atom stereocenters. The molecule has 4 rings (SSSR count). The zero-order valence-electron chi connectivity index (χ0n) is 22.4. The molecular weight excluding hydrogens is 546 g/mol. The predicted octanol–water partition coefficient (Wildman–Crippen LogP) is 5.32. The summed E-state index contributed by atoms with van der Waals surface area (Å²) in [5.74, 6) is -5.31. The highest BCUT2D eigenvalue weighted by molar-refractivity contribution is 5.94. The van der Waals surface area contributed by atoms with Gasteiger partial charge in [0.2, 0.25) is 0 Å². The third-order valence-electron chi connectivity index (χ3n) is 6.15. The Balaban J connectivity index is 1.68. The molecule has 0 aliphatic rings. The molecule has 4 aromatic rings. The first-order valence-corrected chi connectivity index (χ1v) is 12.9. The number of nitrogens with zero attached hydrogens (tertiary/aromatic N) is 2. The van der Waals surface area contributed by atoms with Crippen molar-refractivity contribution in [3.8, 4) is 34.7 Å². The van der Waals surface area contributed by atoms with Crippen LogP contribution in [0.3, 0.4) is 0 Å². The molecule has 9 nitrogen and oxygen atoms in total. The third kappa shape index (κ3) is 7.24. The van der Waals surface area contributed by atoms with Crippen molar-refractivity contribution in [3.05, 3.63) is 107 Å². The first kappa shape index (κ1) is 29.6. The summed E-state index contributed by atoms with van der Waals surface area (Å²) in [6, 6.07) is 21.1. The molecule has 0 saturated heterocycles. The van der Waals surface area contributed by atoms with Crippen LogP contribution >= 0.6 is 0 Å². The standard InChI is InChI=1S/C31H26F2N4O5/c1-2-27(31(39)40)42-30-26(33)14-25(32)29(37-30)41-24-12-20(11-23(13-24)21-7-3-5-18(9-21)15-34)17-36-28(38)22-8-4-6-19(10-22)16-35/h3-14,27H,2,15,17,34H2,1H3,(H,36,38)(H,39,40). The Hall–Kier alpha value is -5.34. The number of rotatable bonds is 11. The largest absolute Gasteiger partial charge is 0.479 e. The molecule has 1 amide bonds. The molecule has 0 spiro atoms. The molecule has 1 aromatic heterocycles. The monoisotopic (exact) mass is 572 g/mol. The molecule has 214 valence electrons. The smallest absolute Gasteiger partial charge is 0.344 e. The number of nitrogens with two attached hydrogens (primary N) is 1. The fourth-order valence-corrected chi connectivity index (χ4v) is 4.02. The van der Waals surface area contributed by atoms with E-state index in [-0.39, 0.29) is 18.7 Å². The molecule has 3 aromatic carbocycles. The second-order valence-corrected chi connectivity index (χ2v) is 9.16. The highest BCUT2D eigenvalue weighted by Gasteiger charge is 2.23. The highest BCUT2D eigenvalue weighted by atomic mass is 19.1. The van der Waals surface area contributed by atoms with Crippen LogP contribution in [-0.2, 0) is 17.9 Å². The highest BCUT2D eigenvalue weighted by Crippen LogP contribution is 2.32. The van der Waals surface area contributed by atoms with Crippen molar-refractivity contribution in [2.45, 2.75) is 32.5 Å². The number of amides is 1. The average molecular weight is 573 g/mol. The quantitative estimate of drug-likeness (QED) is 0.219. The van der Waals surface area contributed by atoms with E-state index in [0.29, 0.717) is 34.9 Å². The lowest BCUT2D eigenvalue weighted by Crippen LogP contribution is -2.26. The van der Waals surface area contributed by atoms with Gasteiger partial charge < -0.3 is 25.6 Å². The van der Waals surface area contributed by atoms with Crippen molar-refractivity contribution in [3.63, 3.8) is 0 Å². The summed E-state index contributed by atoms with van der Waals surface area (Å²) in [5, 5.41) is 21.2. The number of hydrogen-bond acceptors (Lipinski definition) is 7. The van der Waals surface area contributed by atoms with Gasteiger partial charge in [-0.2, -0.15) is 10.2 Å². The number of carbonyl (C=O) groups excluding carboxylic acids is 1. The summed E-state index contributed by atoms with van der Waals surface area (Å²) in [5.41, 5.74) is 9.29. The lowest BCUT2D eigenvalue weighted by molar-refractivity contribution is -0.145. The minimum Gasteiger partial charge on any atom is -0.479 e. The Morgan fingerprint density at radius 2 is 1.74 bits per heavy atom. The zero-order valence-corrected chi connectivity index (χ0v) is 22.4. The van der Waals surface area contributed by atoms with Crippen molar-refractivity contribution in [1.29, 1.82) is 5.26 Å². The summed E-state index contributed by atoms with van der Waals surface area (Å²) in [6.45, 7) is 1.88. The second kappa shape index (κ2) is 13.3. The number of pyridine rings is 1. The second-order valence-electron chi connectivity index (χ2n) is 9.16. The van der Waals surface area contributed by atoms with Crippen molar-refractivity contribution >= 4 is 11.9 Å². The van der Waals surface area contributed by atoms with Crippen molar-refractivity contribution in [2.75, 3.05) is 0 Å². The first-order chi connectivity index (χ1) is 20.2. The van der Waals surface area contributed by atoms with E-state index in [2.05, 4.69) is 10.3 Å². The number of nitriles is 1. The molecule has 0 saturated carbocycles. The van der Waals surface area contributed by atoms with E-state index in [1.54, 1.807) is 36.4 Å². The van der Waals surface area contributed by atoms with Crippen LogP contribution in [0.25, 0.3) is 11.1 Å². The number of halogens is 2. The van der Waals surface area contributed by atoms with Gasteiger partial charge >= 0.3 is 5.97 Å². The Kier molecular flexibility index (Phi) is 9.42. The number of carboxylic acid groups (broad SMARTS) is 1. The SMILES string of the molecule is CCC(Oc1nc(Oc2cc(CNC(=O)c3cccc(C#N)c3)cc(-c3cccc(CN)c3)c2)c(F)cc1F)C(=O)O. The number of ether oxygens (including phenoxy) is 2. The zero-order chi connectivity index (χ0) is 30.2. The lowest BCUT2D eigenvalue weighted by atomic mass is 10.0. The minimum atomic E-state index is -1.40. The summed E-state index contributed by atoms with van der Waals surface area (Å²) < 4.78 is 39.9. The van der Waals surface area contributed by atoms with Gasteiger partial charge in [0.05, 0.1) is 11.6 Å². The molecular formula is C31H26F2N4O5. The molecule has 1 heterocycles. The van der Waals surface area contributed by atoms with E-state index in [1.807, 2.05) is 30.3 Å². The minimum absolute atomic E-state index is 0.0177. The van der Waals surface area contributed by atoms with Crippen molar-refractivity contribution in [1.82, 2.24) is 10.3 Å². The number of carbonyl (C=O) groups is 2. The Morgan fingerprint density at radius 1 is 1.00 bits per heavy atom. The van der Waals surface area contributed by atoms with Crippen molar-refractivity contribution < 1.29 is 33.0 Å². The summed E-state index contributed by atoms with van der Waals surface area (Å²) in [4.78, 5) is 27.9. The maximum Gasteiger partial charge on any atom is 0.344 e. The van der Waals surface area contributed by atoms with Gasteiger partial charge in [0, 0.05) is 24.7 Å². The number of nitrogens with one attached hydrogen (secondary N) is 1. The van der Waals surface area contributed by atoms with Gasteiger partial charge in [-0.25, -0.2) is 13.6 Å². The van der Waals surface area contributed by atoms with Gasteiger partial charge in [-0.3, -0.25) is 4.79 Å². The van der Waals surface area contributed by atoms with E-state index in [1.165, 1.54) is 13.0 Å². The molecule has 0 aliphatic heterocycles. The topological polar surface area (TPSA) is 148 Å². The number of hydrogen-bond donors (Lipinski definition) is 3. The Labute approximate surface area is 240 Å². The maximum absolute atomic E-state index is 14.7. The molecule has 1 atom stereocenters. The van der Waals surface area contributed by atoms with Gasteiger partial charge in [0.1, 0.15) is 5.75 Å². The van der Waals surface area contributed by atoms with E-state index in [0.717, 1.165) is 11.1 Å². The molecule has 4 N–H and O–H groups in total.